The quantitative estimate of drug-likeness (QED) is 0.689. The lowest BCUT2D eigenvalue weighted by Crippen LogP contribution is -2.36. The average Bonchev–Trinajstić information content (AvgIpc) is 3.37. The summed E-state index contributed by atoms with van der Waals surface area (Å²) in [6.45, 7) is 7.59. The Bertz CT molecular complexity index is 539. The van der Waals surface area contributed by atoms with Gasteiger partial charge in [-0.3, -0.25) is 4.79 Å². The van der Waals surface area contributed by atoms with Crippen LogP contribution in [-0.2, 0) is 4.79 Å². The van der Waals surface area contributed by atoms with Crippen LogP contribution in [0.3, 0.4) is 0 Å². The fourth-order valence-electron chi connectivity index (χ4n) is 2.31. The van der Waals surface area contributed by atoms with Gasteiger partial charge in [0.2, 0.25) is 5.91 Å². The first-order chi connectivity index (χ1) is 11.1. The third kappa shape index (κ3) is 5.90. The van der Waals surface area contributed by atoms with E-state index in [0.29, 0.717) is 17.9 Å². The molecule has 1 aliphatic carbocycles. The molecule has 0 aliphatic heterocycles. The van der Waals surface area contributed by atoms with E-state index >= 15 is 0 Å². The molecule has 1 aromatic carbocycles. The van der Waals surface area contributed by atoms with E-state index in [-0.39, 0.29) is 17.9 Å². The van der Waals surface area contributed by atoms with Gasteiger partial charge in [0.1, 0.15) is 0 Å². The van der Waals surface area contributed by atoms with Crippen molar-refractivity contribution in [2.24, 2.45) is 5.92 Å². The van der Waals surface area contributed by atoms with E-state index < -0.39 is 0 Å². The Morgan fingerprint density at radius 2 is 1.78 bits per heavy atom. The van der Waals surface area contributed by atoms with Gasteiger partial charge in [-0.15, -0.1) is 0 Å². The van der Waals surface area contributed by atoms with Crippen molar-refractivity contribution in [3.63, 3.8) is 0 Å². The second-order valence-electron chi connectivity index (χ2n) is 5.75. The molecule has 0 spiro atoms. The second kappa shape index (κ2) is 8.53. The number of amides is 3. The highest BCUT2D eigenvalue weighted by atomic mass is 16.2. The van der Waals surface area contributed by atoms with Gasteiger partial charge in [0.25, 0.3) is 0 Å². The maximum absolute atomic E-state index is 11.9. The molecule has 1 aliphatic rings. The standard InChI is InChI=1S/C17H26N4O2/c1-3-21(4-2)11-10-18-17(23)20-15-7-5-6-14(12-15)19-16(22)13-8-9-13/h5-7,12-13H,3-4,8-11H2,1-2H3,(H,19,22)(H2,18,20,23). The number of benzene rings is 1. The third-order valence-corrected chi connectivity index (χ3v) is 3.94. The predicted molar refractivity (Wildman–Crippen MR) is 92.6 cm³/mol. The molecule has 6 heteroatoms. The largest absolute Gasteiger partial charge is 0.337 e. The van der Waals surface area contributed by atoms with Crippen LogP contribution < -0.4 is 16.0 Å². The molecule has 2 rings (SSSR count). The van der Waals surface area contributed by atoms with Crippen molar-refractivity contribution in [2.45, 2.75) is 26.7 Å². The van der Waals surface area contributed by atoms with Gasteiger partial charge in [0, 0.05) is 30.4 Å². The zero-order valence-electron chi connectivity index (χ0n) is 13.9. The molecule has 0 unspecified atom stereocenters. The maximum atomic E-state index is 11.9. The van der Waals surface area contributed by atoms with Crippen LogP contribution in [-0.4, -0.2) is 43.0 Å². The molecule has 1 aromatic rings. The molecule has 6 nitrogen and oxygen atoms in total. The van der Waals surface area contributed by atoms with Crippen LogP contribution in [0.4, 0.5) is 16.2 Å². The lowest BCUT2D eigenvalue weighted by molar-refractivity contribution is -0.117. The van der Waals surface area contributed by atoms with E-state index in [1.54, 1.807) is 12.1 Å². The van der Waals surface area contributed by atoms with Crippen LogP contribution in [0.1, 0.15) is 26.7 Å². The summed E-state index contributed by atoms with van der Waals surface area (Å²) in [5.41, 5.74) is 1.38. The molecular weight excluding hydrogens is 292 g/mol. The third-order valence-electron chi connectivity index (χ3n) is 3.94. The number of carbonyl (C=O) groups excluding carboxylic acids is 2. The molecule has 3 N–H and O–H groups in total. The topological polar surface area (TPSA) is 73.5 Å². The lowest BCUT2D eigenvalue weighted by atomic mass is 10.2. The number of hydrogen-bond donors (Lipinski definition) is 3. The van der Waals surface area contributed by atoms with Crippen LogP contribution in [0.2, 0.25) is 0 Å². The Morgan fingerprint density at radius 1 is 1.13 bits per heavy atom. The number of rotatable bonds is 8. The summed E-state index contributed by atoms with van der Waals surface area (Å²) in [6.07, 6.45) is 1.94. The molecule has 0 bridgehead atoms. The van der Waals surface area contributed by atoms with Crippen molar-refractivity contribution >= 4 is 23.3 Å². The van der Waals surface area contributed by atoms with E-state index in [1.165, 1.54) is 0 Å². The highest BCUT2D eigenvalue weighted by Gasteiger charge is 2.29. The van der Waals surface area contributed by atoms with Gasteiger partial charge in [-0.25, -0.2) is 4.79 Å². The van der Waals surface area contributed by atoms with E-state index in [4.69, 9.17) is 0 Å². The Morgan fingerprint density at radius 3 is 2.39 bits per heavy atom. The van der Waals surface area contributed by atoms with E-state index in [1.807, 2.05) is 12.1 Å². The molecule has 1 fully saturated rings. The van der Waals surface area contributed by atoms with Gasteiger partial charge in [0.15, 0.2) is 0 Å². The van der Waals surface area contributed by atoms with Crippen LogP contribution in [0.5, 0.6) is 0 Å². The molecule has 0 saturated heterocycles. The molecule has 3 amide bonds. The lowest BCUT2D eigenvalue weighted by Gasteiger charge is -2.18. The number of carbonyl (C=O) groups is 2. The molecule has 0 aromatic heterocycles. The van der Waals surface area contributed by atoms with Gasteiger partial charge in [-0.1, -0.05) is 19.9 Å². The minimum atomic E-state index is -0.233. The number of anilines is 2. The summed E-state index contributed by atoms with van der Waals surface area (Å²) in [6, 6.07) is 6.97. The summed E-state index contributed by atoms with van der Waals surface area (Å²) in [4.78, 5) is 25.9. The highest BCUT2D eigenvalue weighted by Crippen LogP contribution is 2.30. The maximum Gasteiger partial charge on any atom is 0.319 e. The number of nitrogens with one attached hydrogen (secondary N) is 3. The van der Waals surface area contributed by atoms with Gasteiger partial charge in [0.05, 0.1) is 0 Å². The summed E-state index contributed by atoms with van der Waals surface area (Å²) >= 11 is 0. The number of nitrogens with zero attached hydrogens (tertiary/aromatic N) is 1. The Labute approximate surface area is 137 Å². The van der Waals surface area contributed by atoms with Crippen LogP contribution in [0.15, 0.2) is 24.3 Å². The molecule has 0 radical (unpaired) electrons. The molecule has 1 saturated carbocycles. The fourth-order valence-corrected chi connectivity index (χ4v) is 2.31. The summed E-state index contributed by atoms with van der Waals surface area (Å²) in [5, 5.41) is 8.50. The molecular formula is C17H26N4O2. The van der Waals surface area contributed by atoms with Crippen LogP contribution in [0.25, 0.3) is 0 Å². The van der Waals surface area contributed by atoms with Crippen molar-refractivity contribution in [3.05, 3.63) is 24.3 Å². The minimum Gasteiger partial charge on any atom is -0.337 e. The Hall–Kier alpha value is -2.08. The summed E-state index contributed by atoms with van der Waals surface area (Å²) in [7, 11) is 0. The minimum absolute atomic E-state index is 0.0609. The molecule has 23 heavy (non-hydrogen) atoms. The number of urea groups is 1. The second-order valence-corrected chi connectivity index (χ2v) is 5.75. The van der Waals surface area contributed by atoms with Crippen molar-refractivity contribution < 1.29 is 9.59 Å². The SMILES string of the molecule is CCN(CC)CCNC(=O)Nc1cccc(NC(=O)C2CC2)c1. The van der Waals surface area contributed by atoms with Crippen molar-refractivity contribution in [1.29, 1.82) is 0 Å². The van der Waals surface area contributed by atoms with E-state index in [9.17, 15) is 9.59 Å². The van der Waals surface area contributed by atoms with E-state index in [2.05, 4.69) is 34.7 Å². The number of hydrogen-bond acceptors (Lipinski definition) is 3. The normalized spacial score (nSPS) is 13.7. The number of likely N-dealkylation sites (N-methyl/N-ethyl adjacent to an activating group) is 1. The molecule has 126 valence electrons. The summed E-state index contributed by atoms with van der Waals surface area (Å²) in [5.74, 6) is 0.223. The van der Waals surface area contributed by atoms with Gasteiger partial charge in [-0.05, 0) is 44.1 Å². The van der Waals surface area contributed by atoms with Gasteiger partial charge < -0.3 is 20.9 Å². The van der Waals surface area contributed by atoms with Gasteiger partial charge >= 0.3 is 6.03 Å². The summed E-state index contributed by atoms with van der Waals surface area (Å²) < 4.78 is 0. The van der Waals surface area contributed by atoms with Crippen LogP contribution >= 0.6 is 0 Å². The molecule has 0 heterocycles. The predicted octanol–water partition coefficient (Wildman–Crippen LogP) is 2.50. The van der Waals surface area contributed by atoms with Crippen LogP contribution in [0, 0.1) is 5.92 Å². The van der Waals surface area contributed by atoms with Crippen molar-refractivity contribution in [3.8, 4) is 0 Å². The van der Waals surface area contributed by atoms with Gasteiger partial charge in [-0.2, -0.15) is 0 Å². The molecule has 0 atom stereocenters. The average molecular weight is 318 g/mol. The van der Waals surface area contributed by atoms with Crippen molar-refractivity contribution in [1.82, 2.24) is 10.2 Å². The van der Waals surface area contributed by atoms with E-state index in [0.717, 1.165) is 32.5 Å². The smallest absolute Gasteiger partial charge is 0.319 e. The first-order valence-corrected chi connectivity index (χ1v) is 8.30. The van der Waals surface area contributed by atoms with Crippen molar-refractivity contribution in [2.75, 3.05) is 36.8 Å². The monoisotopic (exact) mass is 318 g/mol. The first-order valence-electron chi connectivity index (χ1n) is 8.30. The fraction of sp³-hybridized carbons (Fsp3) is 0.529. The first kappa shape index (κ1) is 17.3. The zero-order valence-corrected chi connectivity index (χ0v) is 13.9. The Kier molecular flexibility index (Phi) is 6.40. The zero-order chi connectivity index (χ0) is 16.7. The highest BCUT2D eigenvalue weighted by molar-refractivity contribution is 5.95. The Balaban J connectivity index is 1.77.